The largest absolute Gasteiger partial charge is 0.378 e. The van der Waals surface area contributed by atoms with Crippen LogP contribution in [0.3, 0.4) is 0 Å². The number of rotatable bonds is 6. The van der Waals surface area contributed by atoms with Crippen LogP contribution in [0.25, 0.3) is 10.9 Å². The molecule has 28 heavy (non-hydrogen) atoms. The molecule has 0 spiro atoms. The highest BCUT2D eigenvalue weighted by molar-refractivity contribution is 6.07. The fraction of sp³-hybridized carbons (Fsp3) is 0.375. The molecule has 2 aromatic carbocycles. The zero-order valence-corrected chi connectivity index (χ0v) is 16.6. The molecule has 1 aliphatic rings. The molecule has 0 atom stereocenters. The SMILES string of the molecule is Cc1ccc(CCCCn2cc(C(=O)N3CCOCC3)c3ccccc32)cc1. The second kappa shape index (κ2) is 8.61. The monoisotopic (exact) mass is 376 g/mol. The van der Waals surface area contributed by atoms with E-state index in [1.54, 1.807) is 0 Å². The smallest absolute Gasteiger partial charge is 0.256 e. The van der Waals surface area contributed by atoms with Crippen molar-refractivity contribution in [3.05, 3.63) is 71.4 Å². The first-order valence-corrected chi connectivity index (χ1v) is 10.2. The van der Waals surface area contributed by atoms with Crippen LogP contribution in [0.15, 0.2) is 54.7 Å². The Bertz CT molecular complexity index is 937. The molecule has 0 aliphatic carbocycles. The lowest BCUT2D eigenvalue weighted by Gasteiger charge is -2.26. The lowest BCUT2D eigenvalue weighted by atomic mass is 10.1. The number of carbonyl (C=O) groups is 1. The second-order valence-electron chi connectivity index (χ2n) is 7.60. The van der Waals surface area contributed by atoms with Gasteiger partial charge in [0.2, 0.25) is 0 Å². The van der Waals surface area contributed by atoms with Crippen LogP contribution in [0.4, 0.5) is 0 Å². The molecule has 4 nitrogen and oxygen atoms in total. The van der Waals surface area contributed by atoms with E-state index in [1.807, 2.05) is 23.2 Å². The maximum absolute atomic E-state index is 13.0. The number of aryl methyl sites for hydroxylation is 3. The molecular weight excluding hydrogens is 348 g/mol. The highest BCUT2D eigenvalue weighted by Crippen LogP contribution is 2.24. The maximum atomic E-state index is 13.0. The Balaban J connectivity index is 1.45. The number of hydrogen-bond donors (Lipinski definition) is 0. The Kier molecular flexibility index (Phi) is 5.77. The van der Waals surface area contributed by atoms with Gasteiger partial charge in [0.05, 0.1) is 18.8 Å². The van der Waals surface area contributed by atoms with Crippen LogP contribution in [0.1, 0.15) is 34.3 Å². The Morgan fingerprint density at radius 3 is 2.54 bits per heavy atom. The second-order valence-corrected chi connectivity index (χ2v) is 7.60. The first kappa shape index (κ1) is 18.8. The van der Waals surface area contributed by atoms with Crippen LogP contribution < -0.4 is 0 Å². The Morgan fingerprint density at radius 1 is 1.00 bits per heavy atom. The molecule has 1 fully saturated rings. The molecule has 1 aliphatic heterocycles. The van der Waals surface area contributed by atoms with Crippen LogP contribution in [-0.4, -0.2) is 41.7 Å². The molecule has 0 unspecified atom stereocenters. The van der Waals surface area contributed by atoms with Gasteiger partial charge in [0.1, 0.15) is 0 Å². The molecule has 4 rings (SSSR count). The summed E-state index contributed by atoms with van der Waals surface area (Å²) in [6, 6.07) is 17.0. The quantitative estimate of drug-likeness (QED) is 0.596. The molecule has 1 aromatic heterocycles. The van der Waals surface area contributed by atoms with Gasteiger partial charge in [-0.25, -0.2) is 0 Å². The molecule has 1 saturated heterocycles. The molecule has 0 N–H and O–H groups in total. The number of unbranched alkanes of at least 4 members (excludes halogenated alkanes) is 1. The van der Waals surface area contributed by atoms with Gasteiger partial charge in [-0.2, -0.15) is 0 Å². The molecule has 1 amide bonds. The van der Waals surface area contributed by atoms with Gasteiger partial charge in [-0.1, -0.05) is 48.0 Å². The van der Waals surface area contributed by atoms with E-state index in [4.69, 9.17) is 4.74 Å². The lowest BCUT2D eigenvalue weighted by Crippen LogP contribution is -2.40. The zero-order chi connectivity index (χ0) is 19.3. The minimum Gasteiger partial charge on any atom is -0.378 e. The molecular formula is C24H28N2O2. The number of aromatic nitrogens is 1. The standard InChI is InChI=1S/C24H28N2O2/c1-19-9-11-20(12-10-19)6-4-5-13-26-18-22(21-7-2-3-8-23(21)26)24(27)25-14-16-28-17-15-25/h2-3,7-12,18H,4-6,13-17H2,1H3. The fourth-order valence-electron chi connectivity index (χ4n) is 3.91. The number of fused-ring (bicyclic) bond motifs is 1. The van der Waals surface area contributed by atoms with Gasteiger partial charge in [0.25, 0.3) is 5.91 Å². The van der Waals surface area contributed by atoms with Crippen molar-refractivity contribution in [3.63, 3.8) is 0 Å². The molecule has 0 saturated carbocycles. The third-order valence-electron chi connectivity index (χ3n) is 5.55. The van der Waals surface area contributed by atoms with Gasteiger partial charge in [-0.3, -0.25) is 4.79 Å². The van der Waals surface area contributed by atoms with Crippen LogP contribution >= 0.6 is 0 Å². The first-order chi connectivity index (χ1) is 13.7. The highest BCUT2D eigenvalue weighted by atomic mass is 16.5. The number of nitrogens with zero attached hydrogens (tertiary/aromatic N) is 2. The summed E-state index contributed by atoms with van der Waals surface area (Å²) >= 11 is 0. The highest BCUT2D eigenvalue weighted by Gasteiger charge is 2.22. The lowest BCUT2D eigenvalue weighted by molar-refractivity contribution is 0.0304. The van der Waals surface area contributed by atoms with Gasteiger partial charge in [0.15, 0.2) is 0 Å². The van der Waals surface area contributed by atoms with Gasteiger partial charge in [-0.05, 0) is 37.8 Å². The minimum atomic E-state index is 0.123. The summed E-state index contributed by atoms with van der Waals surface area (Å²) in [5.41, 5.74) is 4.66. The Morgan fingerprint density at radius 2 is 1.75 bits per heavy atom. The van der Waals surface area contributed by atoms with Crippen molar-refractivity contribution in [3.8, 4) is 0 Å². The topological polar surface area (TPSA) is 34.5 Å². The predicted molar refractivity (Wildman–Crippen MR) is 113 cm³/mol. The number of amides is 1. The van der Waals surface area contributed by atoms with E-state index in [9.17, 15) is 4.79 Å². The zero-order valence-electron chi connectivity index (χ0n) is 16.6. The van der Waals surface area contributed by atoms with E-state index in [1.165, 1.54) is 11.1 Å². The summed E-state index contributed by atoms with van der Waals surface area (Å²) in [5.74, 6) is 0.123. The average molecular weight is 377 g/mol. The van der Waals surface area contributed by atoms with Gasteiger partial charge in [0, 0.05) is 36.7 Å². The molecule has 2 heterocycles. The van der Waals surface area contributed by atoms with Crippen LogP contribution in [0.5, 0.6) is 0 Å². The van der Waals surface area contributed by atoms with Crippen molar-refractivity contribution in [2.75, 3.05) is 26.3 Å². The van der Waals surface area contributed by atoms with E-state index in [-0.39, 0.29) is 5.91 Å². The summed E-state index contributed by atoms with van der Waals surface area (Å²) in [7, 11) is 0. The van der Waals surface area contributed by atoms with E-state index in [0.29, 0.717) is 26.3 Å². The van der Waals surface area contributed by atoms with E-state index in [0.717, 1.165) is 42.3 Å². The van der Waals surface area contributed by atoms with Gasteiger partial charge < -0.3 is 14.2 Å². The number of morpholine rings is 1. The predicted octanol–water partition coefficient (Wildman–Crippen LogP) is 4.45. The van der Waals surface area contributed by atoms with E-state index in [2.05, 4.69) is 47.9 Å². The Labute approximate surface area is 166 Å². The number of carbonyl (C=O) groups excluding carboxylic acids is 1. The molecule has 146 valence electrons. The van der Waals surface area contributed by atoms with Crippen molar-refractivity contribution in [2.45, 2.75) is 32.7 Å². The van der Waals surface area contributed by atoms with Gasteiger partial charge in [-0.15, -0.1) is 0 Å². The number of para-hydroxylation sites is 1. The Hall–Kier alpha value is -2.59. The fourth-order valence-corrected chi connectivity index (χ4v) is 3.91. The van der Waals surface area contributed by atoms with E-state index >= 15 is 0 Å². The van der Waals surface area contributed by atoms with Crippen molar-refractivity contribution < 1.29 is 9.53 Å². The molecule has 4 heteroatoms. The minimum absolute atomic E-state index is 0.123. The summed E-state index contributed by atoms with van der Waals surface area (Å²) in [5, 5.41) is 1.05. The van der Waals surface area contributed by atoms with Crippen molar-refractivity contribution in [1.82, 2.24) is 9.47 Å². The molecule has 3 aromatic rings. The van der Waals surface area contributed by atoms with Crippen LogP contribution in [-0.2, 0) is 17.7 Å². The summed E-state index contributed by atoms with van der Waals surface area (Å²) in [4.78, 5) is 14.9. The first-order valence-electron chi connectivity index (χ1n) is 10.2. The van der Waals surface area contributed by atoms with Crippen molar-refractivity contribution in [2.24, 2.45) is 0 Å². The van der Waals surface area contributed by atoms with E-state index < -0.39 is 0 Å². The maximum Gasteiger partial charge on any atom is 0.256 e. The third-order valence-corrected chi connectivity index (χ3v) is 5.55. The average Bonchev–Trinajstić information content (AvgIpc) is 3.11. The van der Waals surface area contributed by atoms with Crippen LogP contribution in [0.2, 0.25) is 0 Å². The van der Waals surface area contributed by atoms with Crippen molar-refractivity contribution in [1.29, 1.82) is 0 Å². The number of ether oxygens (including phenoxy) is 1. The molecule has 0 bridgehead atoms. The summed E-state index contributed by atoms with van der Waals surface area (Å²) in [6.45, 7) is 5.66. The number of hydrogen-bond acceptors (Lipinski definition) is 2. The van der Waals surface area contributed by atoms with Crippen LogP contribution in [0, 0.1) is 6.92 Å². The number of benzene rings is 2. The van der Waals surface area contributed by atoms with Crippen molar-refractivity contribution >= 4 is 16.8 Å². The summed E-state index contributed by atoms with van der Waals surface area (Å²) in [6.07, 6.45) is 5.38. The summed E-state index contributed by atoms with van der Waals surface area (Å²) < 4.78 is 7.64. The molecule has 0 radical (unpaired) electrons. The normalized spacial score (nSPS) is 14.5. The van der Waals surface area contributed by atoms with Gasteiger partial charge >= 0.3 is 0 Å². The third kappa shape index (κ3) is 4.12.